The molecule has 0 spiro atoms. The van der Waals surface area contributed by atoms with Crippen LogP contribution >= 0.6 is 11.6 Å². The van der Waals surface area contributed by atoms with Crippen molar-refractivity contribution in [2.45, 2.75) is 12.3 Å². The number of furan rings is 1. The van der Waals surface area contributed by atoms with Gasteiger partial charge in [-0.25, -0.2) is 0 Å². The van der Waals surface area contributed by atoms with E-state index in [1.807, 2.05) is 60.7 Å². The summed E-state index contributed by atoms with van der Waals surface area (Å²) in [6.07, 6.45) is 0. The zero-order chi connectivity index (χ0) is 17.8. The minimum atomic E-state index is -0.739. The number of hydrogen-bond acceptors (Lipinski definition) is 3. The molecule has 0 aliphatic heterocycles. The molecular weight excluding hydrogens is 336 g/mol. The summed E-state index contributed by atoms with van der Waals surface area (Å²) >= 11 is 5.82. The van der Waals surface area contributed by atoms with Crippen molar-refractivity contribution < 1.29 is 9.21 Å². The maximum Gasteiger partial charge on any atom is 0.244 e. The van der Waals surface area contributed by atoms with Gasteiger partial charge in [-0.15, -0.1) is 11.6 Å². The first-order valence-electron chi connectivity index (χ1n) is 7.74. The molecule has 1 unspecified atom stereocenters. The Hall–Kier alpha value is -3.03. The van der Waals surface area contributed by atoms with Crippen molar-refractivity contribution >= 4 is 23.4 Å². The van der Waals surface area contributed by atoms with Crippen molar-refractivity contribution in [1.82, 2.24) is 0 Å². The van der Waals surface area contributed by atoms with Crippen LogP contribution in [0.1, 0.15) is 12.5 Å². The number of anilines is 1. The fraction of sp³-hybridized carbons (Fsp3) is 0.100. The standard InChI is InChI=1S/C20H15ClN2O2/c1-13(21)19(24)23-20-16(12-22)17(14-8-4-2-5-9-14)18(25-20)15-10-6-3-7-11-15/h2-11,13H,1H3,(H,23,24). The van der Waals surface area contributed by atoms with E-state index in [9.17, 15) is 10.1 Å². The van der Waals surface area contributed by atoms with E-state index in [4.69, 9.17) is 16.0 Å². The molecule has 1 atom stereocenters. The molecule has 0 bridgehead atoms. The van der Waals surface area contributed by atoms with Crippen LogP contribution in [0.3, 0.4) is 0 Å². The number of rotatable bonds is 4. The van der Waals surface area contributed by atoms with Gasteiger partial charge >= 0.3 is 0 Å². The Bertz CT molecular complexity index is 926. The molecule has 0 aliphatic carbocycles. The molecule has 0 saturated heterocycles. The molecule has 1 amide bonds. The van der Waals surface area contributed by atoms with E-state index in [2.05, 4.69) is 11.4 Å². The highest BCUT2D eigenvalue weighted by Gasteiger charge is 2.24. The van der Waals surface area contributed by atoms with Crippen LogP contribution in [0.15, 0.2) is 65.1 Å². The van der Waals surface area contributed by atoms with Crippen LogP contribution < -0.4 is 5.32 Å². The summed E-state index contributed by atoms with van der Waals surface area (Å²) in [5, 5.41) is 11.5. The zero-order valence-electron chi connectivity index (χ0n) is 13.5. The minimum Gasteiger partial charge on any atom is -0.438 e. The average molecular weight is 351 g/mol. The zero-order valence-corrected chi connectivity index (χ0v) is 14.2. The van der Waals surface area contributed by atoms with Crippen LogP contribution in [0.25, 0.3) is 22.5 Å². The summed E-state index contributed by atoms with van der Waals surface area (Å²) in [6.45, 7) is 1.56. The van der Waals surface area contributed by atoms with Crippen LogP contribution in [0.5, 0.6) is 0 Å². The van der Waals surface area contributed by atoms with Gasteiger partial charge in [-0.2, -0.15) is 5.26 Å². The fourth-order valence-corrected chi connectivity index (χ4v) is 2.56. The highest BCUT2D eigenvalue weighted by Crippen LogP contribution is 2.41. The van der Waals surface area contributed by atoms with E-state index in [0.717, 1.165) is 11.1 Å². The lowest BCUT2D eigenvalue weighted by molar-refractivity contribution is -0.115. The third-order valence-corrected chi connectivity index (χ3v) is 3.91. The van der Waals surface area contributed by atoms with Crippen molar-refractivity contribution in [3.8, 4) is 28.5 Å². The van der Waals surface area contributed by atoms with Crippen molar-refractivity contribution in [1.29, 1.82) is 5.26 Å². The summed E-state index contributed by atoms with van der Waals surface area (Å²) in [7, 11) is 0. The van der Waals surface area contributed by atoms with Gasteiger partial charge in [0.25, 0.3) is 0 Å². The number of carbonyl (C=O) groups excluding carboxylic acids is 1. The lowest BCUT2D eigenvalue weighted by Crippen LogP contribution is -2.20. The van der Waals surface area contributed by atoms with Crippen molar-refractivity contribution in [2.75, 3.05) is 5.32 Å². The number of hydrogen-bond donors (Lipinski definition) is 1. The topological polar surface area (TPSA) is 66.0 Å². The largest absolute Gasteiger partial charge is 0.438 e. The second kappa shape index (κ2) is 7.25. The molecule has 4 nitrogen and oxygen atoms in total. The number of benzene rings is 2. The summed E-state index contributed by atoms with van der Waals surface area (Å²) < 4.78 is 5.89. The molecule has 3 aromatic rings. The molecule has 1 N–H and O–H groups in total. The van der Waals surface area contributed by atoms with E-state index >= 15 is 0 Å². The monoisotopic (exact) mass is 350 g/mol. The van der Waals surface area contributed by atoms with Crippen LogP contribution in [0.4, 0.5) is 5.88 Å². The number of nitrogens with one attached hydrogen (secondary N) is 1. The van der Waals surface area contributed by atoms with Gasteiger partial charge < -0.3 is 4.42 Å². The van der Waals surface area contributed by atoms with Crippen LogP contribution in [0.2, 0.25) is 0 Å². The summed E-state index contributed by atoms with van der Waals surface area (Å²) in [6, 6.07) is 21.1. The maximum absolute atomic E-state index is 12.0. The van der Waals surface area contributed by atoms with Gasteiger partial charge in [0.05, 0.1) is 0 Å². The van der Waals surface area contributed by atoms with Gasteiger partial charge in [-0.1, -0.05) is 60.7 Å². The molecule has 5 heteroatoms. The Morgan fingerprint density at radius 3 is 2.16 bits per heavy atom. The van der Waals surface area contributed by atoms with Gasteiger partial charge in [0.2, 0.25) is 11.8 Å². The number of carbonyl (C=O) groups is 1. The Morgan fingerprint density at radius 1 is 1.08 bits per heavy atom. The van der Waals surface area contributed by atoms with Crippen molar-refractivity contribution in [3.63, 3.8) is 0 Å². The molecule has 25 heavy (non-hydrogen) atoms. The second-order valence-corrected chi connectivity index (χ2v) is 6.11. The average Bonchev–Trinajstić information content (AvgIpc) is 3.01. The molecule has 0 aliphatic rings. The minimum absolute atomic E-state index is 0.109. The molecule has 124 valence electrons. The molecule has 2 aromatic carbocycles. The van der Waals surface area contributed by atoms with Gasteiger partial charge in [0, 0.05) is 11.1 Å². The number of halogens is 1. The fourth-order valence-electron chi connectivity index (χ4n) is 2.51. The highest BCUT2D eigenvalue weighted by atomic mass is 35.5. The summed E-state index contributed by atoms with van der Waals surface area (Å²) in [5.74, 6) is 0.213. The van der Waals surface area contributed by atoms with Gasteiger partial charge in [-0.05, 0) is 12.5 Å². The lowest BCUT2D eigenvalue weighted by atomic mass is 9.98. The number of nitrogens with zero attached hydrogens (tertiary/aromatic N) is 1. The van der Waals surface area contributed by atoms with Gasteiger partial charge in [0.1, 0.15) is 22.8 Å². The Labute approximate surface area is 150 Å². The maximum atomic E-state index is 12.0. The van der Waals surface area contributed by atoms with Crippen LogP contribution in [-0.2, 0) is 4.79 Å². The molecule has 0 radical (unpaired) electrons. The molecule has 3 rings (SSSR count). The molecule has 0 fully saturated rings. The normalized spacial score (nSPS) is 11.6. The van der Waals surface area contributed by atoms with E-state index < -0.39 is 11.3 Å². The van der Waals surface area contributed by atoms with E-state index in [-0.39, 0.29) is 11.4 Å². The molecule has 1 heterocycles. The first-order valence-corrected chi connectivity index (χ1v) is 8.18. The smallest absolute Gasteiger partial charge is 0.244 e. The third kappa shape index (κ3) is 3.42. The quantitative estimate of drug-likeness (QED) is 0.669. The Kier molecular flexibility index (Phi) is 4.87. The van der Waals surface area contributed by atoms with Gasteiger partial charge in [0.15, 0.2) is 0 Å². The second-order valence-electron chi connectivity index (χ2n) is 5.46. The van der Waals surface area contributed by atoms with Crippen molar-refractivity contribution in [2.24, 2.45) is 0 Å². The number of amides is 1. The SMILES string of the molecule is CC(Cl)C(=O)Nc1oc(-c2ccccc2)c(-c2ccccc2)c1C#N. The van der Waals surface area contributed by atoms with E-state index in [1.54, 1.807) is 6.92 Å². The van der Waals surface area contributed by atoms with Crippen molar-refractivity contribution in [3.05, 3.63) is 66.2 Å². The highest BCUT2D eigenvalue weighted by molar-refractivity contribution is 6.32. The Morgan fingerprint density at radius 2 is 1.64 bits per heavy atom. The van der Waals surface area contributed by atoms with Gasteiger partial charge in [-0.3, -0.25) is 10.1 Å². The van der Waals surface area contributed by atoms with E-state index in [0.29, 0.717) is 11.3 Å². The summed E-state index contributed by atoms with van der Waals surface area (Å²) in [4.78, 5) is 12.0. The molecular formula is C20H15ClN2O2. The summed E-state index contributed by atoms with van der Waals surface area (Å²) in [5.41, 5.74) is 2.57. The molecule has 1 aromatic heterocycles. The van der Waals surface area contributed by atoms with Crippen LogP contribution in [-0.4, -0.2) is 11.3 Å². The number of alkyl halides is 1. The lowest BCUT2D eigenvalue weighted by Gasteiger charge is -2.03. The van der Waals surface area contributed by atoms with E-state index in [1.165, 1.54) is 0 Å². The number of nitriles is 1. The van der Waals surface area contributed by atoms with Crippen LogP contribution in [0, 0.1) is 11.3 Å². The third-order valence-electron chi connectivity index (χ3n) is 3.72. The predicted octanol–water partition coefficient (Wildman–Crippen LogP) is 5.05. The predicted molar refractivity (Wildman–Crippen MR) is 98.2 cm³/mol. The Balaban J connectivity index is 2.22. The molecule has 0 saturated carbocycles. The first-order chi connectivity index (χ1) is 12.1. The first kappa shape index (κ1) is 16.8.